The zero-order chi connectivity index (χ0) is 32.0. The highest BCUT2D eigenvalue weighted by atomic mass is 32.1. The molecule has 4 aromatic carbocycles. The molecule has 0 radical (unpaired) electrons. The average molecular weight is 648 g/mol. The second-order valence-electron chi connectivity index (χ2n) is 10.9. The summed E-state index contributed by atoms with van der Waals surface area (Å²) in [5.74, 6) is 0.0737. The van der Waals surface area contributed by atoms with Crippen LogP contribution in [-0.2, 0) is 18.5 Å². The second-order valence-corrected chi connectivity index (χ2v) is 14.9. The van der Waals surface area contributed by atoms with Crippen molar-refractivity contribution in [1.82, 2.24) is 5.32 Å². The van der Waals surface area contributed by atoms with E-state index in [1.165, 1.54) is 16.2 Å². The number of thiocarbonyl (C=S) groups is 1. The van der Waals surface area contributed by atoms with Gasteiger partial charge in [0.15, 0.2) is 5.11 Å². The van der Waals surface area contributed by atoms with Crippen molar-refractivity contribution in [2.24, 2.45) is 5.92 Å². The SMILES string of the molecule is CC[C@H](C)[C@@H](C[P+](Cc1ccccc1)(c1ccccc1)c1ccccc1)NC(=S)Nc1cc(C(F)(F)F)cc(C(F)(F)F)c1. The first-order valence-electron chi connectivity index (χ1n) is 14.2. The summed E-state index contributed by atoms with van der Waals surface area (Å²) in [5.41, 5.74) is -2.03. The molecule has 232 valence electrons. The molecule has 0 aromatic heterocycles. The van der Waals surface area contributed by atoms with E-state index in [0.717, 1.165) is 12.6 Å². The maximum atomic E-state index is 13.5. The van der Waals surface area contributed by atoms with E-state index in [-0.39, 0.29) is 28.8 Å². The van der Waals surface area contributed by atoms with Gasteiger partial charge in [0, 0.05) is 5.69 Å². The van der Waals surface area contributed by atoms with Crippen molar-refractivity contribution in [1.29, 1.82) is 0 Å². The summed E-state index contributed by atoms with van der Waals surface area (Å²) < 4.78 is 80.9. The Labute approximate surface area is 260 Å². The minimum atomic E-state index is -4.96. The first-order valence-corrected chi connectivity index (χ1v) is 16.8. The quantitative estimate of drug-likeness (QED) is 0.102. The maximum Gasteiger partial charge on any atom is 0.416 e. The molecule has 0 aliphatic rings. The molecule has 0 bridgehead atoms. The molecule has 0 aliphatic heterocycles. The van der Waals surface area contributed by atoms with Crippen LogP contribution in [0.15, 0.2) is 109 Å². The van der Waals surface area contributed by atoms with E-state index >= 15 is 0 Å². The van der Waals surface area contributed by atoms with Crippen LogP contribution in [0.2, 0.25) is 0 Å². The number of halogens is 6. The van der Waals surface area contributed by atoms with Crippen LogP contribution in [0.4, 0.5) is 32.0 Å². The lowest BCUT2D eigenvalue weighted by Crippen LogP contribution is -2.46. The predicted molar refractivity (Wildman–Crippen MR) is 173 cm³/mol. The third-order valence-electron chi connectivity index (χ3n) is 7.80. The molecule has 4 rings (SSSR count). The monoisotopic (exact) mass is 647 g/mol. The Hall–Kier alpha value is -3.42. The third kappa shape index (κ3) is 8.39. The molecule has 0 amide bonds. The number of anilines is 1. The Morgan fingerprint density at radius 2 is 1.18 bits per heavy atom. The maximum absolute atomic E-state index is 13.5. The van der Waals surface area contributed by atoms with Crippen molar-refractivity contribution in [2.45, 2.75) is 44.8 Å². The Morgan fingerprint density at radius 3 is 1.61 bits per heavy atom. The molecule has 0 saturated heterocycles. The molecule has 4 aromatic rings. The van der Waals surface area contributed by atoms with E-state index in [0.29, 0.717) is 18.3 Å². The minimum Gasteiger partial charge on any atom is -0.356 e. The third-order valence-corrected chi connectivity index (χ3v) is 12.5. The Morgan fingerprint density at radius 1 is 0.727 bits per heavy atom. The lowest BCUT2D eigenvalue weighted by molar-refractivity contribution is -0.143. The van der Waals surface area contributed by atoms with Crippen molar-refractivity contribution in [3.8, 4) is 0 Å². The van der Waals surface area contributed by atoms with E-state index in [2.05, 4.69) is 54.0 Å². The number of nitrogens with one attached hydrogen (secondary N) is 2. The van der Waals surface area contributed by atoms with Crippen molar-refractivity contribution < 1.29 is 26.3 Å². The molecule has 0 aliphatic carbocycles. The van der Waals surface area contributed by atoms with Crippen molar-refractivity contribution in [2.75, 3.05) is 11.5 Å². The fourth-order valence-electron chi connectivity index (χ4n) is 5.28. The van der Waals surface area contributed by atoms with Gasteiger partial charge >= 0.3 is 12.4 Å². The van der Waals surface area contributed by atoms with Crippen LogP contribution in [0.1, 0.15) is 37.0 Å². The molecule has 2 nitrogen and oxygen atoms in total. The molecular formula is C34H34F6N2PS+. The molecule has 0 unspecified atom stereocenters. The summed E-state index contributed by atoms with van der Waals surface area (Å²) in [5, 5.41) is 8.27. The fourth-order valence-corrected chi connectivity index (χ4v) is 10.2. The summed E-state index contributed by atoms with van der Waals surface area (Å²) in [6.07, 6.45) is -7.73. The molecule has 0 spiro atoms. The van der Waals surface area contributed by atoms with E-state index in [4.69, 9.17) is 12.2 Å². The second kappa shape index (κ2) is 14.1. The van der Waals surface area contributed by atoms with Gasteiger partial charge in [-0.05, 0) is 66.2 Å². The molecule has 44 heavy (non-hydrogen) atoms. The van der Waals surface area contributed by atoms with Gasteiger partial charge in [0.2, 0.25) is 0 Å². The highest BCUT2D eigenvalue weighted by Gasteiger charge is 2.46. The van der Waals surface area contributed by atoms with Crippen LogP contribution >= 0.6 is 19.5 Å². The molecule has 10 heteroatoms. The lowest BCUT2D eigenvalue weighted by Gasteiger charge is -2.34. The van der Waals surface area contributed by atoms with Crippen LogP contribution in [0.25, 0.3) is 0 Å². The van der Waals surface area contributed by atoms with Crippen LogP contribution in [0, 0.1) is 5.92 Å². The molecule has 0 fully saturated rings. The standard InChI is InChI=1S/C34H33F6N2PS/c1-3-24(2)31(42-32(44)41-28-20-26(33(35,36)37)19-27(21-28)34(38,39)40)23-43(29-15-9-5-10-16-29,30-17-11-6-12-18-30)22-25-13-7-4-8-14-25/h4-21,24,31H,3,22-23H2,1-2H3,(H-,41,42,44)/p+1/t24-,31+/m0/s1. The van der Waals surface area contributed by atoms with Gasteiger partial charge in [0.1, 0.15) is 0 Å². The number of rotatable bonds is 10. The normalized spacial score (nSPS) is 13.6. The topological polar surface area (TPSA) is 24.1 Å². The van der Waals surface area contributed by atoms with Gasteiger partial charge < -0.3 is 10.6 Å². The smallest absolute Gasteiger partial charge is 0.356 e. The highest BCUT2D eigenvalue weighted by Crippen LogP contribution is 2.60. The van der Waals surface area contributed by atoms with Crippen molar-refractivity contribution in [3.63, 3.8) is 0 Å². The van der Waals surface area contributed by atoms with Crippen LogP contribution in [0.3, 0.4) is 0 Å². The summed E-state index contributed by atoms with van der Waals surface area (Å²) >= 11 is 5.53. The summed E-state index contributed by atoms with van der Waals surface area (Å²) in [7, 11) is -2.19. The van der Waals surface area contributed by atoms with Gasteiger partial charge in [-0.25, -0.2) is 0 Å². The van der Waals surface area contributed by atoms with E-state index in [1.807, 2.05) is 61.5 Å². The van der Waals surface area contributed by atoms with Gasteiger partial charge in [0.05, 0.1) is 47.4 Å². The van der Waals surface area contributed by atoms with Gasteiger partial charge in [-0.3, -0.25) is 0 Å². The molecule has 2 atom stereocenters. The number of alkyl halides is 6. The van der Waals surface area contributed by atoms with Crippen LogP contribution < -0.4 is 21.2 Å². The minimum absolute atomic E-state index is 0.0401. The van der Waals surface area contributed by atoms with Crippen LogP contribution in [0.5, 0.6) is 0 Å². The molecule has 2 N–H and O–H groups in total. The number of hydrogen-bond donors (Lipinski definition) is 2. The van der Waals surface area contributed by atoms with E-state index in [9.17, 15) is 26.3 Å². The zero-order valence-corrected chi connectivity index (χ0v) is 26.0. The van der Waals surface area contributed by atoms with Crippen molar-refractivity contribution >= 4 is 40.9 Å². The van der Waals surface area contributed by atoms with Gasteiger partial charge in [0.25, 0.3) is 0 Å². The van der Waals surface area contributed by atoms with Gasteiger partial charge in [-0.1, -0.05) is 87.0 Å². The first kappa shape index (κ1) is 33.5. The molecule has 0 heterocycles. The van der Waals surface area contributed by atoms with Crippen molar-refractivity contribution in [3.05, 3.63) is 126 Å². The van der Waals surface area contributed by atoms with Crippen LogP contribution in [-0.4, -0.2) is 17.3 Å². The summed E-state index contributed by atoms with van der Waals surface area (Å²) in [6.45, 7) is 4.11. The Balaban J connectivity index is 1.74. The van der Waals surface area contributed by atoms with E-state index in [1.54, 1.807) is 0 Å². The lowest BCUT2D eigenvalue weighted by atomic mass is 10.0. The molecular weight excluding hydrogens is 613 g/mol. The zero-order valence-electron chi connectivity index (χ0n) is 24.3. The highest BCUT2D eigenvalue weighted by molar-refractivity contribution is 7.88. The van der Waals surface area contributed by atoms with Gasteiger partial charge in [-0.15, -0.1) is 0 Å². The number of hydrogen-bond acceptors (Lipinski definition) is 1. The summed E-state index contributed by atoms with van der Waals surface area (Å²) in [4.78, 5) is 0. The predicted octanol–water partition coefficient (Wildman–Crippen LogP) is 9.29. The molecule has 0 saturated carbocycles. The Kier molecular flexibility index (Phi) is 10.7. The van der Waals surface area contributed by atoms with E-state index < -0.39 is 30.7 Å². The first-order chi connectivity index (χ1) is 20.8. The van der Waals surface area contributed by atoms with Gasteiger partial charge in [-0.2, -0.15) is 26.3 Å². The number of benzene rings is 4. The fraction of sp³-hybridized carbons (Fsp3) is 0.265. The Bertz CT molecular complexity index is 1440. The largest absolute Gasteiger partial charge is 0.416 e. The average Bonchev–Trinajstić information content (AvgIpc) is 3.00. The summed E-state index contributed by atoms with van der Waals surface area (Å²) in [6, 6.07) is 31.9.